The molecule has 1 aromatic carbocycles. The van der Waals surface area contributed by atoms with Crippen molar-refractivity contribution in [3.8, 4) is 5.75 Å². The first-order chi connectivity index (χ1) is 7.94. The normalized spacial score (nSPS) is 21.8. The van der Waals surface area contributed by atoms with Crippen LogP contribution in [0.5, 0.6) is 5.75 Å². The van der Waals surface area contributed by atoms with Crippen molar-refractivity contribution < 1.29 is 9.57 Å². The maximum atomic E-state index is 6.11. The second kappa shape index (κ2) is 4.31. The molecule has 1 N–H and O–H groups in total. The van der Waals surface area contributed by atoms with E-state index in [1.807, 2.05) is 0 Å². The summed E-state index contributed by atoms with van der Waals surface area (Å²) in [7, 11) is 1.66. The first kappa shape index (κ1) is 12.4. The van der Waals surface area contributed by atoms with Crippen molar-refractivity contribution >= 4 is 0 Å². The van der Waals surface area contributed by atoms with E-state index in [4.69, 9.17) is 9.57 Å². The van der Waals surface area contributed by atoms with Crippen LogP contribution >= 0.6 is 0 Å². The second-order valence-electron chi connectivity index (χ2n) is 5.37. The molecule has 2 rings (SSSR count). The molecule has 0 radical (unpaired) electrons. The van der Waals surface area contributed by atoms with Gasteiger partial charge in [-0.2, -0.15) is 5.48 Å². The number of hydrogen-bond acceptors (Lipinski definition) is 3. The van der Waals surface area contributed by atoms with Gasteiger partial charge in [0.25, 0.3) is 0 Å². The van der Waals surface area contributed by atoms with Gasteiger partial charge in [-0.05, 0) is 38.8 Å². The highest BCUT2D eigenvalue weighted by Gasteiger charge is 2.34. The number of aryl methyl sites for hydroxylation is 1. The number of rotatable bonds is 2. The Balaban J connectivity index is 2.48. The van der Waals surface area contributed by atoms with Crippen molar-refractivity contribution in [2.24, 2.45) is 0 Å². The van der Waals surface area contributed by atoms with E-state index in [-0.39, 0.29) is 11.6 Å². The molecule has 1 aromatic rings. The fraction of sp³-hybridized carbons (Fsp3) is 0.571. The topological polar surface area (TPSA) is 30.5 Å². The minimum absolute atomic E-state index is 0.165. The monoisotopic (exact) mass is 235 g/mol. The summed E-state index contributed by atoms with van der Waals surface area (Å²) in [6.07, 6.45) is 0.899. The molecule has 0 fully saturated rings. The van der Waals surface area contributed by atoms with Gasteiger partial charge in [-0.1, -0.05) is 12.1 Å². The number of hydrogen-bond donors (Lipinski definition) is 1. The molecule has 94 valence electrons. The Kier molecular flexibility index (Phi) is 3.15. The van der Waals surface area contributed by atoms with E-state index in [1.165, 1.54) is 16.7 Å². The fourth-order valence-corrected chi connectivity index (χ4v) is 2.39. The van der Waals surface area contributed by atoms with Crippen molar-refractivity contribution in [1.29, 1.82) is 0 Å². The summed E-state index contributed by atoms with van der Waals surface area (Å²) in [6, 6.07) is 4.46. The van der Waals surface area contributed by atoms with Crippen LogP contribution in [0.25, 0.3) is 0 Å². The average molecular weight is 235 g/mol. The Morgan fingerprint density at radius 3 is 2.71 bits per heavy atom. The van der Waals surface area contributed by atoms with Crippen LogP contribution in [0.3, 0.4) is 0 Å². The van der Waals surface area contributed by atoms with Crippen LogP contribution in [0.15, 0.2) is 12.1 Å². The van der Waals surface area contributed by atoms with Crippen LogP contribution in [0.2, 0.25) is 0 Å². The van der Waals surface area contributed by atoms with E-state index < -0.39 is 0 Å². The molecule has 0 saturated heterocycles. The van der Waals surface area contributed by atoms with Crippen LogP contribution < -0.4 is 10.2 Å². The average Bonchev–Trinajstić information content (AvgIpc) is 2.23. The molecule has 1 aliphatic heterocycles. The summed E-state index contributed by atoms with van der Waals surface area (Å²) in [6.45, 7) is 8.45. The van der Waals surface area contributed by atoms with Crippen molar-refractivity contribution in [1.82, 2.24) is 5.48 Å². The van der Waals surface area contributed by atoms with E-state index in [1.54, 1.807) is 7.11 Å². The highest BCUT2D eigenvalue weighted by Crippen LogP contribution is 2.42. The molecule has 0 aliphatic carbocycles. The van der Waals surface area contributed by atoms with Gasteiger partial charge in [0.15, 0.2) is 0 Å². The van der Waals surface area contributed by atoms with E-state index >= 15 is 0 Å². The van der Waals surface area contributed by atoms with Crippen molar-refractivity contribution in [3.05, 3.63) is 28.8 Å². The summed E-state index contributed by atoms with van der Waals surface area (Å²) in [5.74, 6) is 1.01. The van der Waals surface area contributed by atoms with Gasteiger partial charge in [0.1, 0.15) is 11.4 Å². The lowest BCUT2D eigenvalue weighted by Gasteiger charge is -2.38. The molecule has 0 amide bonds. The molecule has 1 unspecified atom stereocenters. The Morgan fingerprint density at radius 2 is 2.06 bits per heavy atom. The summed E-state index contributed by atoms with van der Waals surface area (Å²) in [4.78, 5) is 5.10. The van der Waals surface area contributed by atoms with E-state index in [2.05, 4.69) is 45.3 Å². The van der Waals surface area contributed by atoms with Crippen molar-refractivity contribution in [2.45, 2.75) is 45.8 Å². The summed E-state index contributed by atoms with van der Waals surface area (Å²) < 4.78 is 6.11. The predicted molar refractivity (Wildman–Crippen MR) is 68.1 cm³/mol. The number of fused-ring (bicyclic) bond motifs is 1. The SMILES string of the molecule is CONC1CC(C)(C)Oc2c1ccc(C)c2C. The minimum Gasteiger partial charge on any atom is -0.487 e. The third-order valence-electron chi connectivity index (χ3n) is 3.42. The number of hydroxylamine groups is 1. The first-order valence-corrected chi connectivity index (χ1v) is 6.02. The summed E-state index contributed by atoms with van der Waals surface area (Å²) in [5.41, 5.74) is 6.57. The first-order valence-electron chi connectivity index (χ1n) is 6.02. The quantitative estimate of drug-likeness (QED) is 0.799. The maximum absolute atomic E-state index is 6.11. The van der Waals surface area contributed by atoms with Gasteiger partial charge in [-0.3, -0.25) is 0 Å². The van der Waals surface area contributed by atoms with Gasteiger partial charge >= 0.3 is 0 Å². The zero-order valence-electron chi connectivity index (χ0n) is 11.3. The maximum Gasteiger partial charge on any atom is 0.128 e. The Bertz CT molecular complexity index is 426. The molecule has 0 bridgehead atoms. The van der Waals surface area contributed by atoms with Gasteiger partial charge < -0.3 is 9.57 Å². The molecule has 1 heterocycles. The van der Waals surface area contributed by atoms with Crippen LogP contribution in [0.1, 0.15) is 43.0 Å². The highest BCUT2D eigenvalue weighted by atomic mass is 16.6. The van der Waals surface area contributed by atoms with E-state index in [0.29, 0.717) is 0 Å². The molecule has 3 nitrogen and oxygen atoms in total. The molecule has 0 spiro atoms. The second-order valence-corrected chi connectivity index (χ2v) is 5.37. The molecule has 0 aromatic heterocycles. The third kappa shape index (κ3) is 2.31. The van der Waals surface area contributed by atoms with Gasteiger partial charge in [0.2, 0.25) is 0 Å². The van der Waals surface area contributed by atoms with Crippen molar-refractivity contribution in [2.75, 3.05) is 7.11 Å². The van der Waals surface area contributed by atoms with Crippen LogP contribution in [0.4, 0.5) is 0 Å². The van der Waals surface area contributed by atoms with E-state index in [0.717, 1.165) is 12.2 Å². The van der Waals surface area contributed by atoms with Gasteiger partial charge in [0.05, 0.1) is 13.2 Å². The largest absolute Gasteiger partial charge is 0.487 e. The molecule has 1 aliphatic rings. The van der Waals surface area contributed by atoms with E-state index in [9.17, 15) is 0 Å². The van der Waals surface area contributed by atoms with Crippen LogP contribution in [-0.2, 0) is 4.84 Å². The Morgan fingerprint density at radius 1 is 1.35 bits per heavy atom. The lowest BCUT2D eigenvalue weighted by molar-refractivity contribution is 0.00255. The number of ether oxygens (including phenoxy) is 1. The Hall–Kier alpha value is -1.06. The number of nitrogens with one attached hydrogen (secondary N) is 1. The smallest absolute Gasteiger partial charge is 0.128 e. The zero-order valence-corrected chi connectivity index (χ0v) is 11.3. The summed E-state index contributed by atoms with van der Waals surface area (Å²) in [5, 5.41) is 0. The number of benzene rings is 1. The third-order valence-corrected chi connectivity index (χ3v) is 3.42. The predicted octanol–water partition coefficient (Wildman–Crippen LogP) is 3.06. The standard InChI is InChI=1S/C14H21NO2/c1-9-6-7-11-12(15-16-5)8-14(3,4)17-13(11)10(9)2/h6-7,12,15H,8H2,1-5H3. The lowest BCUT2D eigenvalue weighted by atomic mass is 9.88. The fourth-order valence-electron chi connectivity index (χ4n) is 2.39. The van der Waals surface area contributed by atoms with Gasteiger partial charge in [0, 0.05) is 12.0 Å². The van der Waals surface area contributed by atoms with Crippen molar-refractivity contribution in [3.63, 3.8) is 0 Å². The van der Waals surface area contributed by atoms with Gasteiger partial charge in [-0.25, -0.2) is 0 Å². The van der Waals surface area contributed by atoms with Crippen LogP contribution in [-0.4, -0.2) is 12.7 Å². The zero-order chi connectivity index (χ0) is 12.6. The lowest BCUT2D eigenvalue weighted by Crippen LogP contribution is -2.39. The van der Waals surface area contributed by atoms with Gasteiger partial charge in [-0.15, -0.1) is 0 Å². The highest BCUT2D eigenvalue weighted by molar-refractivity contribution is 5.48. The summed E-state index contributed by atoms with van der Waals surface area (Å²) >= 11 is 0. The molecule has 17 heavy (non-hydrogen) atoms. The van der Waals surface area contributed by atoms with Crippen LogP contribution in [0, 0.1) is 13.8 Å². The Labute approximate surface area is 103 Å². The molecular weight excluding hydrogens is 214 g/mol. The molecule has 0 saturated carbocycles. The molecule has 3 heteroatoms. The minimum atomic E-state index is -0.165. The molecular formula is C14H21NO2. The molecule has 1 atom stereocenters.